The molecule has 3 rings (SSSR count). The molecule has 1 amide bonds. The molecule has 1 aromatic rings. The maximum Gasteiger partial charge on any atom is 0.220 e. The van der Waals surface area contributed by atoms with Crippen LogP contribution in [0, 0.1) is 17.8 Å². The van der Waals surface area contributed by atoms with Gasteiger partial charge in [0.25, 0.3) is 0 Å². The van der Waals surface area contributed by atoms with Crippen molar-refractivity contribution in [3.63, 3.8) is 0 Å². The summed E-state index contributed by atoms with van der Waals surface area (Å²) in [6.07, 6.45) is 5.79. The molecule has 0 aliphatic heterocycles. The van der Waals surface area contributed by atoms with E-state index in [9.17, 15) is 9.59 Å². The summed E-state index contributed by atoms with van der Waals surface area (Å²) < 4.78 is 0. The molecule has 3 unspecified atom stereocenters. The molecule has 2 aliphatic rings. The van der Waals surface area contributed by atoms with Crippen LogP contribution in [0.4, 0.5) is 0 Å². The minimum absolute atomic E-state index is 0.0214. The number of hydrogen-bond donors (Lipinski definition) is 1. The molecule has 2 bridgehead atoms. The molecule has 1 aromatic carbocycles. The summed E-state index contributed by atoms with van der Waals surface area (Å²) in [6, 6.07) is 9.12. The molecule has 0 heterocycles. The van der Waals surface area contributed by atoms with E-state index in [2.05, 4.69) is 5.32 Å². The van der Waals surface area contributed by atoms with Gasteiger partial charge in [0.2, 0.25) is 5.91 Å². The van der Waals surface area contributed by atoms with E-state index in [0.29, 0.717) is 17.9 Å². The van der Waals surface area contributed by atoms with Gasteiger partial charge in [0, 0.05) is 12.0 Å². The van der Waals surface area contributed by atoms with Gasteiger partial charge in [-0.2, -0.15) is 0 Å². The normalized spacial score (nSPS) is 27.5. The second-order valence-corrected chi connectivity index (χ2v) is 6.20. The van der Waals surface area contributed by atoms with Crippen molar-refractivity contribution in [3.8, 4) is 0 Å². The third-order valence-electron chi connectivity index (χ3n) is 4.87. The summed E-state index contributed by atoms with van der Waals surface area (Å²) >= 11 is 0. The van der Waals surface area contributed by atoms with Crippen LogP contribution in [0.3, 0.4) is 0 Å². The zero-order valence-corrected chi connectivity index (χ0v) is 11.7. The van der Waals surface area contributed by atoms with Crippen molar-refractivity contribution in [2.75, 3.05) is 6.54 Å². The monoisotopic (exact) mass is 271 g/mol. The minimum atomic E-state index is -0.0214. The van der Waals surface area contributed by atoms with Crippen molar-refractivity contribution in [2.24, 2.45) is 17.8 Å². The Bertz CT molecular complexity index is 497. The largest absolute Gasteiger partial charge is 0.349 e. The van der Waals surface area contributed by atoms with Gasteiger partial charge in [0.15, 0.2) is 5.78 Å². The van der Waals surface area contributed by atoms with Crippen LogP contribution in [-0.4, -0.2) is 18.2 Å². The van der Waals surface area contributed by atoms with E-state index in [0.717, 1.165) is 11.8 Å². The summed E-state index contributed by atoms with van der Waals surface area (Å²) in [5, 5.41) is 2.78. The molecule has 0 radical (unpaired) electrons. The highest BCUT2D eigenvalue weighted by atomic mass is 16.2. The van der Waals surface area contributed by atoms with Crippen molar-refractivity contribution in [2.45, 2.75) is 32.1 Å². The highest BCUT2D eigenvalue weighted by Crippen LogP contribution is 2.49. The SMILES string of the molecule is O=C(CC1CC2CCC1C2)NCC(=O)c1ccccc1. The number of carbonyl (C=O) groups excluding carboxylic acids is 2. The van der Waals surface area contributed by atoms with Gasteiger partial charge < -0.3 is 5.32 Å². The number of amides is 1. The zero-order chi connectivity index (χ0) is 13.9. The van der Waals surface area contributed by atoms with E-state index in [4.69, 9.17) is 0 Å². The molecule has 0 aromatic heterocycles. The molecule has 0 spiro atoms. The molecule has 3 heteroatoms. The minimum Gasteiger partial charge on any atom is -0.349 e. The fourth-order valence-corrected chi connectivity index (χ4v) is 3.84. The quantitative estimate of drug-likeness (QED) is 0.837. The van der Waals surface area contributed by atoms with Crippen LogP contribution in [0.15, 0.2) is 30.3 Å². The Hall–Kier alpha value is -1.64. The Labute approximate surface area is 119 Å². The van der Waals surface area contributed by atoms with E-state index in [1.807, 2.05) is 18.2 Å². The third kappa shape index (κ3) is 2.92. The fourth-order valence-electron chi connectivity index (χ4n) is 3.84. The van der Waals surface area contributed by atoms with Crippen LogP contribution in [0.1, 0.15) is 42.5 Å². The van der Waals surface area contributed by atoms with Gasteiger partial charge >= 0.3 is 0 Å². The van der Waals surface area contributed by atoms with Crippen molar-refractivity contribution < 1.29 is 9.59 Å². The number of nitrogens with one attached hydrogen (secondary N) is 1. The number of benzene rings is 1. The average Bonchev–Trinajstić information content (AvgIpc) is 3.08. The first kappa shape index (κ1) is 13.3. The number of rotatable bonds is 5. The fraction of sp³-hybridized carbons (Fsp3) is 0.529. The molecule has 0 saturated heterocycles. The van der Waals surface area contributed by atoms with E-state index in [1.54, 1.807) is 12.1 Å². The summed E-state index contributed by atoms with van der Waals surface area (Å²) in [5.74, 6) is 2.19. The molecule has 20 heavy (non-hydrogen) atoms. The Balaban J connectivity index is 1.44. The number of ketones is 1. The van der Waals surface area contributed by atoms with Crippen LogP contribution in [0.2, 0.25) is 0 Å². The molecule has 106 valence electrons. The van der Waals surface area contributed by atoms with Crippen molar-refractivity contribution >= 4 is 11.7 Å². The highest BCUT2D eigenvalue weighted by molar-refractivity contribution is 5.99. The lowest BCUT2D eigenvalue weighted by atomic mass is 9.86. The van der Waals surface area contributed by atoms with Gasteiger partial charge in [-0.15, -0.1) is 0 Å². The Morgan fingerprint density at radius 3 is 2.55 bits per heavy atom. The first-order chi connectivity index (χ1) is 9.72. The van der Waals surface area contributed by atoms with Crippen LogP contribution in [0.25, 0.3) is 0 Å². The van der Waals surface area contributed by atoms with Gasteiger partial charge in [-0.05, 0) is 37.0 Å². The van der Waals surface area contributed by atoms with Crippen LogP contribution < -0.4 is 5.32 Å². The molecule has 1 N–H and O–H groups in total. The van der Waals surface area contributed by atoms with Crippen LogP contribution in [-0.2, 0) is 4.79 Å². The van der Waals surface area contributed by atoms with Crippen LogP contribution in [0.5, 0.6) is 0 Å². The molecule has 2 aliphatic carbocycles. The molecule has 3 nitrogen and oxygen atoms in total. The Kier molecular flexibility index (Phi) is 3.86. The Morgan fingerprint density at radius 1 is 1.10 bits per heavy atom. The van der Waals surface area contributed by atoms with E-state index >= 15 is 0 Å². The summed E-state index contributed by atoms with van der Waals surface area (Å²) in [6.45, 7) is 0.115. The average molecular weight is 271 g/mol. The number of hydrogen-bond acceptors (Lipinski definition) is 2. The number of Topliss-reactive ketones (excluding diaryl/α,β-unsaturated/α-hetero) is 1. The van der Waals surface area contributed by atoms with Crippen molar-refractivity contribution in [1.29, 1.82) is 0 Å². The molecule has 2 saturated carbocycles. The van der Waals surface area contributed by atoms with Crippen molar-refractivity contribution in [1.82, 2.24) is 5.32 Å². The first-order valence-corrected chi connectivity index (χ1v) is 7.57. The predicted molar refractivity (Wildman–Crippen MR) is 77.3 cm³/mol. The van der Waals surface area contributed by atoms with Gasteiger partial charge in [0.1, 0.15) is 0 Å². The van der Waals surface area contributed by atoms with E-state index < -0.39 is 0 Å². The van der Waals surface area contributed by atoms with Gasteiger partial charge in [-0.1, -0.05) is 36.8 Å². The highest BCUT2D eigenvalue weighted by Gasteiger charge is 2.40. The lowest BCUT2D eigenvalue weighted by Gasteiger charge is -2.20. The maximum absolute atomic E-state index is 11.9. The first-order valence-electron chi connectivity index (χ1n) is 7.57. The number of fused-ring (bicyclic) bond motifs is 2. The summed E-state index contributed by atoms with van der Waals surface area (Å²) in [4.78, 5) is 23.8. The second kappa shape index (κ2) is 5.78. The number of carbonyl (C=O) groups is 2. The molecule has 3 atom stereocenters. The van der Waals surface area contributed by atoms with Crippen molar-refractivity contribution in [3.05, 3.63) is 35.9 Å². The third-order valence-corrected chi connectivity index (χ3v) is 4.87. The van der Waals surface area contributed by atoms with E-state index in [1.165, 1.54) is 25.7 Å². The van der Waals surface area contributed by atoms with Crippen LogP contribution >= 0.6 is 0 Å². The molecular weight excluding hydrogens is 250 g/mol. The smallest absolute Gasteiger partial charge is 0.220 e. The molecule has 2 fully saturated rings. The zero-order valence-electron chi connectivity index (χ0n) is 11.7. The maximum atomic E-state index is 11.9. The molecular formula is C17H21NO2. The van der Waals surface area contributed by atoms with Gasteiger partial charge in [-0.25, -0.2) is 0 Å². The lowest BCUT2D eigenvalue weighted by Crippen LogP contribution is -2.31. The Morgan fingerprint density at radius 2 is 1.90 bits per heavy atom. The summed E-state index contributed by atoms with van der Waals surface area (Å²) in [7, 11) is 0. The second-order valence-electron chi connectivity index (χ2n) is 6.20. The summed E-state index contributed by atoms with van der Waals surface area (Å²) in [5.41, 5.74) is 0.660. The van der Waals surface area contributed by atoms with E-state index in [-0.39, 0.29) is 18.2 Å². The van der Waals surface area contributed by atoms with Gasteiger partial charge in [-0.3, -0.25) is 9.59 Å². The lowest BCUT2D eigenvalue weighted by molar-refractivity contribution is -0.122. The predicted octanol–water partition coefficient (Wildman–Crippen LogP) is 2.81. The standard InChI is InChI=1S/C17H21NO2/c19-16(13-4-2-1-3-5-13)11-18-17(20)10-15-9-12-6-7-14(15)8-12/h1-5,12,14-15H,6-11H2,(H,18,20). The topological polar surface area (TPSA) is 46.2 Å². The van der Waals surface area contributed by atoms with Gasteiger partial charge in [0.05, 0.1) is 6.54 Å².